The van der Waals surface area contributed by atoms with Crippen LogP contribution in [0.3, 0.4) is 0 Å². The molecule has 5 heteroatoms. The molecular weight excluding hydrogens is 693 g/mol. The highest BCUT2D eigenvalue weighted by Crippen LogP contribution is 2.28. The second kappa shape index (κ2) is 52.6. The van der Waals surface area contributed by atoms with Gasteiger partial charge in [0.15, 0.2) is 5.78 Å². The van der Waals surface area contributed by atoms with Gasteiger partial charge in [0.1, 0.15) is 17.3 Å². The summed E-state index contributed by atoms with van der Waals surface area (Å²) in [4.78, 5) is 54.3. The van der Waals surface area contributed by atoms with Crippen LogP contribution in [0.1, 0.15) is 242 Å². The fraction of sp³-hybridized carbons (Fsp3) is 0.784. The number of benzene rings is 1. The van der Waals surface area contributed by atoms with Crippen molar-refractivity contribution in [1.82, 2.24) is 0 Å². The Kier molecular flexibility index (Phi) is 66.9. The van der Waals surface area contributed by atoms with Gasteiger partial charge in [0, 0.05) is 31.1 Å². The molecule has 4 atom stereocenters. The van der Waals surface area contributed by atoms with Crippen molar-refractivity contribution in [2.45, 2.75) is 236 Å². The molecule has 0 aliphatic rings. The number of hydrogen-bond donors (Lipinski definition) is 0. The molecule has 0 bridgehead atoms. The van der Waals surface area contributed by atoms with Gasteiger partial charge in [-0.05, 0) is 69.3 Å². The van der Waals surface area contributed by atoms with E-state index < -0.39 is 0 Å². The zero-order valence-corrected chi connectivity index (χ0v) is 42.4. The van der Waals surface area contributed by atoms with Crippen LogP contribution in [-0.2, 0) is 24.0 Å². The Hall–Kier alpha value is -2.43. The Morgan fingerprint density at radius 2 is 1.02 bits per heavy atom. The van der Waals surface area contributed by atoms with Crippen LogP contribution in [0.5, 0.6) is 0 Å². The quantitative estimate of drug-likeness (QED) is 0.156. The summed E-state index contributed by atoms with van der Waals surface area (Å²) in [6.07, 6.45) is 10.1. The van der Waals surface area contributed by atoms with Gasteiger partial charge in [-0.3, -0.25) is 19.2 Å². The van der Waals surface area contributed by atoms with Gasteiger partial charge in [-0.1, -0.05) is 201 Å². The maximum Gasteiger partial charge on any atom is 0.201 e. The van der Waals surface area contributed by atoms with Crippen molar-refractivity contribution in [3.05, 3.63) is 35.9 Å². The van der Waals surface area contributed by atoms with Crippen LogP contribution in [0.4, 0.5) is 0 Å². The van der Waals surface area contributed by atoms with Crippen molar-refractivity contribution in [3.63, 3.8) is 0 Å². The van der Waals surface area contributed by atoms with Crippen LogP contribution >= 0.6 is 0 Å². The fourth-order valence-corrected chi connectivity index (χ4v) is 4.35. The minimum absolute atomic E-state index is 0.0301. The topological polar surface area (TPSA) is 85.3 Å². The Morgan fingerprint density at radius 3 is 1.23 bits per heavy atom. The van der Waals surface area contributed by atoms with Crippen molar-refractivity contribution < 1.29 is 24.0 Å². The molecule has 0 saturated heterocycles. The first-order valence-corrected chi connectivity index (χ1v) is 22.7. The smallest absolute Gasteiger partial charge is 0.201 e. The van der Waals surface area contributed by atoms with Gasteiger partial charge in [0.05, 0.1) is 0 Å². The maximum atomic E-state index is 11.2. The molecule has 1 rings (SSSR count). The highest BCUT2D eigenvalue weighted by Gasteiger charge is 2.21. The minimum Gasteiger partial charge on any atom is -0.300 e. The van der Waals surface area contributed by atoms with Crippen LogP contribution in [-0.4, -0.2) is 28.9 Å². The molecule has 0 spiro atoms. The van der Waals surface area contributed by atoms with Crippen LogP contribution in [0.25, 0.3) is 0 Å². The third-order valence-corrected chi connectivity index (χ3v) is 8.61. The number of hydrogen-bond acceptors (Lipinski definition) is 5. The van der Waals surface area contributed by atoms with E-state index in [1.807, 2.05) is 99.6 Å². The van der Waals surface area contributed by atoms with E-state index in [1.165, 1.54) is 19.8 Å². The zero-order valence-electron chi connectivity index (χ0n) is 42.4. The number of carbonyl (C=O) groups excluding carboxylic acids is 5. The van der Waals surface area contributed by atoms with Crippen LogP contribution in [0.2, 0.25) is 0 Å². The van der Waals surface area contributed by atoms with E-state index in [0.717, 1.165) is 62.8 Å². The second-order valence-electron chi connectivity index (χ2n) is 15.0. The number of carbonyl (C=O) groups is 5. The summed E-state index contributed by atoms with van der Waals surface area (Å²) in [6, 6.07) is 9.93. The standard InChI is InChI=1S/C11H14O.C10H20O.C9H16O2.C7H14O.C5H12.C3H8.3C2H6/c1-3-11(9(2)12)10-7-5-4-6-8-10;1-6-10(4,5)7-8(2)9(3)11;1-4-6-8(5-2)9(11)7(3)10;1-4-6(2)5-7(3)8;1-4-5(2)3;1-3-2;3*1-2/h4-8,11H,3H2,1-2H3;8H,6-7H2,1-5H3;8H,4-6H2,1-3H3;6H,4-5H2,1-3H3;5H,4H2,1-3H3;3H2,1-2H3;3*1-2H3. The van der Waals surface area contributed by atoms with Gasteiger partial charge in [0.25, 0.3) is 0 Å². The summed E-state index contributed by atoms with van der Waals surface area (Å²) in [5.41, 5.74) is 1.46. The highest BCUT2D eigenvalue weighted by atomic mass is 16.2. The molecule has 0 fully saturated rings. The molecule has 0 aromatic heterocycles. The minimum atomic E-state index is -0.301. The average Bonchev–Trinajstić information content (AvgIpc) is 3.17. The van der Waals surface area contributed by atoms with E-state index in [1.54, 1.807) is 20.8 Å². The van der Waals surface area contributed by atoms with Gasteiger partial charge < -0.3 is 4.79 Å². The SMILES string of the molecule is CC.CC.CC.CCC.CCC(C(C)=O)c1ccccc1.CCC(C)(C)CC(C)C(C)=O.CCC(C)C.CCC(C)CC(C)=O.CCCC(CC)C(=O)C(C)=O. The van der Waals surface area contributed by atoms with E-state index in [-0.39, 0.29) is 35.1 Å². The lowest BCUT2D eigenvalue weighted by molar-refractivity contribution is -0.138. The average molecular weight is 795 g/mol. The Balaban J connectivity index is -0.0000000828. The van der Waals surface area contributed by atoms with Crippen molar-refractivity contribution >= 4 is 28.9 Å². The van der Waals surface area contributed by atoms with Gasteiger partial charge in [0.2, 0.25) is 5.78 Å². The van der Waals surface area contributed by atoms with Gasteiger partial charge in [-0.25, -0.2) is 0 Å². The number of ketones is 5. The predicted octanol–water partition coefficient (Wildman–Crippen LogP) is 16.3. The normalized spacial score (nSPS) is 11.4. The van der Waals surface area contributed by atoms with Gasteiger partial charge in [-0.15, -0.1) is 0 Å². The Bertz CT molecular complexity index is 977. The number of rotatable bonds is 16. The molecule has 0 radical (unpaired) electrons. The molecule has 0 N–H and O–H groups in total. The molecular formula is C51H102O5. The highest BCUT2D eigenvalue weighted by molar-refractivity contribution is 6.37. The third kappa shape index (κ3) is 55.9. The van der Waals surface area contributed by atoms with E-state index >= 15 is 0 Å². The number of Topliss-reactive ketones (excluding diaryl/α,β-unsaturated/α-hetero) is 5. The van der Waals surface area contributed by atoms with Crippen LogP contribution in [0, 0.1) is 29.1 Å². The summed E-state index contributed by atoms with van der Waals surface area (Å²) in [5, 5.41) is 0. The largest absolute Gasteiger partial charge is 0.300 e. The summed E-state index contributed by atoms with van der Waals surface area (Å²) in [7, 11) is 0. The van der Waals surface area contributed by atoms with Crippen LogP contribution in [0.15, 0.2) is 30.3 Å². The first-order chi connectivity index (χ1) is 26.1. The molecule has 0 heterocycles. The van der Waals surface area contributed by atoms with Gasteiger partial charge in [-0.2, -0.15) is 0 Å². The Labute approximate surface area is 353 Å². The predicted molar refractivity (Wildman–Crippen MR) is 253 cm³/mol. The first-order valence-electron chi connectivity index (χ1n) is 22.7. The lowest BCUT2D eigenvalue weighted by Crippen LogP contribution is -2.20. The van der Waals surface area contributed by atoms with Crippen LogP contribution < -0.4 is 0 Å². The molecule has 0 aliphatic carbocycles. The van der Waals surface area contributed by atoms with E-state index in [2.05, 4.69) is 69.2 Å². The molecule has 336 valence electrons. The third-order valence-electron chi connectivity index (χ3n) is 8.61. The second-order valence-corrected chi connectivity index (χ2v) is 15.0. The first kappa shape index (κ1) is 71.3. The molecule has 1 aromatic carbocycles. The molecule has 5 nitrogen and oxygen atoms in total. The van der Waals surface area contributed by atoms with Crippen molar-refractivity contribution in [2.75, 3.05) is 0 Å². The monoisotopic (exact) mass is 795 g/mol. The molecule has 1 aromatic rings. The van der Waals surface area contributed by atoms with E-state index in [4.69, 9.17) is 0 Å². The molecule has 0 aliphatic heterocycles. The molecule has 4 unspecified atom stereocenters. The van der Waals surface area contributed by atoms with Crippen molar-refractivity contribution in [2.24, 2.45) is 29.1 Å². The summed E-state index contributed by atoms with van der Waals surface area (Å²) in [6.45, 7) is 48.0. The summed E-state index contributed by atoms with van der Waals surface area (Å²) < 4.78 is 0. The summed E-state index contributed by atoms with van der Waals surface area (Å²) in [5.74, 6) is 2.12. The van der Waals surface area contributed by atoms with Gasteiger partial charge >= 0.3 is 0 Å². The zero-order chi connectivity index (χ0) is 46.5. The maximum absolute atomic E-state index is 11.2. The lowest BCUT2D eigenvalue weighted by Gasteiger charge is -2.25. The van der Waals surface area contributed by atoms with E-state index in [9.17, 15) is 24.0 Å². The molecule has 0 saturated carbocycles. The molecule has 0 amide bonds. The van der Waals surface area contributed by atoms with E-state index in [0.29, 0.717) is 22.9 Å². The fourth-order valence-electron chi connectivity index (χ4n) is 4.35. The summed E-state index contributed by atoms with van der Waals surface area (Å²) >= 11 is 0. The molecule has 56 heavy (non-hydrogen) atoms. The van der Waals surface area contributed by atoms with Crippen molar-refractivity contribution in [3.8, 4) is 0 Å². The Morgan fingerprint density at radius 1 is 0.607 bits per heavy atom. The lowest BCUT2D eigenvalue weighted by atomic mass is 9.80. The van der Waals surface area contributed by atoms with Crippen molar-refractivity contribution in [1.29, 1.82) is 0 Å².